The largest absolute Gasteiger partial charge is 0.328 e. The lowest BCUT2D eigenvalue weighted by Crippen LogP contribution is -2.37. The van der Waals surface area contributed by atoms with Crippen LogP contribution in [0.2, 0.25) is 0 Å². The highest BCUT2D eigenvalue weighted by Crippen LogP contribution is 2.25. The van der Waals surface area contributed by atoms with Crippen molar-refractivity contribution in [1.82, 2.24) is 13.9 Å². The Morgan fingerprint density at radius 1 is 1.21 bits per heavy atom. The van der Waals surface area contributed by atoms with Gasteiger partial charge in [-0.2, -0.15) is 0 Å². The lowest BCUT2D eigenvalue weighted by atomic mass is 9.97. The molecule has 11 heteroatoms. The summed E-state index contributed by atoms with van der Waals surface area (Å²) in [7, 11) is -2.71. The number of nitrogens with one attached hydrogen (secondary N) is 1. The fraction of sp³-hybridized carbons (Fsp3) is 0.444. The van der Waals surface area contributed by atoms with Crippen LogP contribution in [0.25, 0.3) is 0 Å². The number of benzene rings is 1. The Kier molecular flexibility index (Phi) is 5.99. The van der Waals surface area contributed by atoms with Gasteiger partial charge in [0.15, 0.2) is 4.90 Å². The third kappa shape index (κ3) is 4.15. The van der Waals surface area contributed by atoms with E-state index in [0.29, 0.717) is 30.5 Å². The Morgan fingerprint density at radius 2 is 1.90 bits per heavy atom. The Labute approximate surface area is 167 Å². The molecular formula is C18H22N4O6S. The maximum absolute atomic E-state index is 12.7. The van der Waals surface area contributed by atoms with E-state index in [-0.39, 0.29) is 23.5 Å². The molecule has 2 aromatic rings. The van der Waals surface area contributed by atoms with Crippen LogP contribution >= 0.6 is 0 Å². The molecule has 1 aromatic carbocycles. The van der Waals surface area contributed by atoms with Crippen LogP contribution in [0.15, 0.2) is 38.8 Å². The average molecular weight is 422 g/mol. The summed E-state index contributed by atoms with van der Waals surface area (Å²) in [5, 5.41) is 11.1. The van der Waals surface area contributed by atoms with Crippen LogP contribution < -0.4 is 11.2 Å². The van der Waals surface area contributed by atoms with Gasteiger partial charge in [-0.3, -0.25) is 24.5 Å². The van der Waals surface area contributed by atoms with Crippen LogP contribution in [0.4, 0.5) is 5.69 Å². The van der Waals surface area contributed by atoms with Crippen molar-refractivity contribution < 1.29 is 13.3 Å². The van der Waals surface area contributed by atoms with Crippen molar-refractivity contribution in [3.8, 4) is 0 Å². The van der Waals surface area contributed by atoms with Crippen molar-refractivity contribution in [2.45, 2.75) is 43.5 Å². The number of rotatable bonds is 7. The summed E-state index contributed by atoms with van der Waals surface area (Å²) < 4.78 is 28.0. The molecule has 0 atom stereocenters. The van der Waals surface area contributed by atoms with E-state index in [4.69, 9.17) is 0 Å². The molecule has 29 heavy (non-hydrogen) atoms. The molecule has 0 aliphatic heterocycles. The minimum Gasteiger partial charge on any atom is -0.297 e. The van der Waals surface area contributed by atoms with E-state index in [9.17, 15) is 28.1 Å². The predicted molar refractivity (Wildman–Crippen MR) is 105 cm³/mol. The number of nitrogens with zero attached hydrogens (tertiary/aromatic N) is 3. The van der Waals surface area contributed by atoms with Crippen LogP contribution in [-0.2, 0) is 29.4 Å². The number of hydrogen-bond donors (Lipinski definition) is 1. The van der Waals surface area contributed by atoms with Crippen LogP contribution in [0.1, 0.15) is 30.5 Å². The number of aromatic nitrogens is 2. The van der Waals surface area contributed by atoms with Crippen molar-refractivity contribution >= 4 is 15.7 Å². The molecule has 0 radical (unpaired) electrons. The van der Waals surface area contributed by atoms with E-state index >= 15 is 0 Å². The van der Waals surface area contributed by atoms with Gasteiger partial charge in [-0.05, 0) is 38.2 Å². The summed E-state index contributed by atoms with van der Waals surface area (Å²) in [6.07, 6.45) is 3.36. The van der Waals surface area contributed by atoms with Gasteiger partial charge in [0.1, 0.15) is 0 Å². The summed E-state index contributed by atoms with van der Waals surface area (Å²) >= 11 is 0. The lowest BCUT2D eigenvalue weighted by Gasteiger charge is -2.21. The van der Waals surface area contributed by atoms with Crippen molar-refractivity contribution in [2.75, 3.05) is 13.6 Å². The molecule has 10 nitrogen and oxygen atoms in total. The SMILES string of the molecule is CN(CCCn1c2c(c(=O)[nH]c1=O)CCCC2)S(=O)(=O)c1ccccc1[N+](=O)[O-]. The molecule has 3 rings (SSSR count). The number of hydrogen-bond acceptors (Lipinski definition) is 6. The standard InChI is InChI=1S/C18H22N4O6S/c1-20(29(27,28)16-10-5-4-9-15(16)22(25)26)11-6-12-21-14-8-3-2-7-13(14)17(23)19-18(21)24/h4-5,9-10H,2-3,6-8,11-12H2,1H3,(H,19,23,24). The maximum Gasteiger partial charge on any atom is 0.328 e. The van der Waals surface area contributed by atoms with Gasteiger partial charge in [-0.1, -0.05) is 12.1 Å². The molecule has 1 aliphatic carbocycles. The number of nitro groups is 1. The lowest BCUT2D eigenvalue weighted by molar-refractivity contribution is -0.387. The summed E-state index contributed by atoms with van der Waals surface area (Å²) in [5.74, 6) is 0. The Hall–Kier alpha value is -2.79. The van der Waals surface area contributed by atoms with Crippen molar-refractivity contribution in [1.29, 1.82) is 0 Å². The molecule has 0 saturated heterocycles. The third-order valence-corrected chi connectivity index (χ3v) is 7.01. The van der Waals surface area contributed by atoms with Gasteiger partial charge in [0.2, 0.25) is 10.0 Å². The van der Waals surface area contributed by atoms with Crippen LogP contribution in [0.5, 0.6) is 0 Å². The van der Waals surface area contributed by atoms with Crippen molar-refractivity contribution in [3.05, 3.63) is 66.5 Å². The molecule has 0 fully saturated rings. The first-order chi connectivity index (χ1) is 13.7. The van der Waals surface area contributed by atoms with Crippen LogP contribution in [0.3, 0.4) is 0 Å². The van der Waals surface area contributed by atoms with Gasteiger partial charge < -0.3 is 0 Å². The van der Waals surface area contributed by atoms with Gasteiger partial charge >= 0.3 is 5.69 Å². The maximum atomic E-state index is 12.7. The number of sulfonamides is 1. The van der Waals surface area contributed by atoms with Crippen LogP contribution in [-0.4, -0.2) is 40.8 Å². The summed E-state index contributed by atoms with van der Waals surface area (Å²) in [4.78, 5) is 36.6. The monoisotopic (exact) mass is 422 g/mol. The van der Waals surface area contributed by atoms with Gasteiger partial charge in [0, 0.05) is 37.5 Å². The van der Waals surface area contributed by atoms with E-state index in [1.165, 1.54) is 29.8 Å². The number of H-pyrrole nitrogens is 1. The third-order valence-electron chi connectivity index (χ3n) is 5.11. The molecule has 1 aliphatic rings. The topological polar surface area (TPSA) is 135 Å². The average Bonchev–Trinajstić information content (AvgIpc) is 2.70. The molecule has 0 bridgehead atoms. The smallest absolute Gasteiger partial charge is 0.297 e. The van der Waals surface area contributed by atoms with Crippen LogP contribution in [0, 0.1) is 10.1 Å². The predicted octanol–water partition coefficient (Wildman–Crippen LogP) is 1.03. The molecule has 0 spiro atoms. The molecular weight excluding hydrogens is 400 g/mol. The van der Waals surface area contributed by atoms with Gasteiger partial charge in [0.25, 0.3) is 11.2 Å². The molecule has 1 aromatic heterocycles. The quantitative estimate of drug-likeness (QED) is 0.523. The second kappa shape index (κ2) is 8.29. The highest BCUT2D eigenvalue weighted by Gasteiger charge is 2.29. The minimum atomic E-state index is -4.06. The number of para-hydroxylation sites is 1. The fourth-order valence-corrected chi connectivity index (χ4v) is 4.96. The van der Waals surface area contributed by atoms with Crippen molar-refractivity contribution in [2.24, 2.45) is 0 Å². The molecule has 1 heterocycles. The number of nitro benzene ring substituents is 1. The molecule has 0 amide bonds. The molecule has 156 valence electrons. The summed E-state index contributed by atoms with van der Waals surface area (Å²) in [6, 6.07) is 5.18. The zero-order valence-corrected chi connectivity index (χ0v) is 16.8. The van der Waals surface area contributed by atoms with Gasteiger partial charge in [-0.25, -0.2) is 17.5 Å². The van der Waals surface area contributed by atoms with E-state index in [2.05, 4.69) is 4.98 Å². The first kappa shape index (κ1) is 20.9. The van der Waals surface area contributed by atoms with Crippen molar-refractivity contribution in [3.63, 3.8) is 0 Å². The van der Waals surface area contributed by atoms with E-state index < -0.39 is 26.3 Å². The normalized spacial score (nSPS) is 14.0. The Bertz CT molecular complexity index is 1150. The zero-order chi connectivity index (χ0) is 21.2. The number of fused-ring (bicyclic) bond motifs is 1. The Morgan fingerprint density at radius 3 is 2.62 bits per heavy atom. The van der Waals surface area contributed by atoms with E-state index in [1.54, 1.807) is 0 Å². The molecule has 1 N–H and O–H groups in total. The van der Waals surface area contributed by atoms with E-state index in [0.717, 1.165) is 23.2 Å². The second-order valence-electron chi connectivity index (χ2n) is 6.95. The minimum absolute atomic E-state index is 0.0642. The summed E-state index contributed by atoms with van der Waals surface area (Å²) in [5.41, 5.74) is 0.00751. The second-order valence-corrected chi connectivity index (χ2v) is 8.96. The summed E-state index contributed by atoms with van der Waals surface area (Å²) in [6.45, 7) is 0.309. The number of aromatic amines is 1. The van der Waals surface area contributed by atoms with E-state index in [1.807, 2.05) is 0 Å². The van der Waals surface area contributed by atoms with Gasteiger partial charge in [0.05, 0.1) is 4.92 Å². The highest BCUT2D eigenvalue weighted by molar-refractivity contribution is 7.89. The zero-order valence-electron chi connectivity index (χ0n) is 16.0. The first-order valence-corrected chi connectivity index (χ1v) is 10.7. The fourth-order valence-electron chi connectivity index (χ4n) is 3.60. The highest BCUT2D eigenvalue weighted by atomic mass is 32.2. The first-order valence-electron chi connectivity index (χ1n) is 9.28. The molecule has 0 saturated carbocycles. The molecule has 0 unspecified atom stereocenters. The Balaban J connectivity index is 1.77. The van der Waals surface area contributed by atoms with Gasteiger partial charge in [-0.15, -0.1) is 0 Å².